The van der Waals surface area contributed by atoms with Crippen molar-refractivity contribution in [1.29, 1.82) is 0 Å². The number of thioether (sulfide) groups is 1. The van der Waals surface area contributed by atoms with Crippen molar-refractivity contribution in [2.24, 2.45) is 0 Å². The minimum Gasteiger partial charge on any atom is -0.379 e. The van der Waals surface area contributed by atoms with Crippen LogP contribution in [0.25, 0.3) is 0 Å². The first-order valence-electron chi connectivity index (χ1n) is 5.36. The molecule has 0 fully saturated rings. The van der Waals surface area contributed by atoms with Crippen molar-refractivity contribution in [3.05, 3.63) is 38.4 Å². The van der Waals surface area contributed by atoms with E-state index in [-0.39, 0.29) is 17.1 Å². The quantitative estimate of drug-likeness (QED) is 0.343. The second kappa shape index (κ2) is 7.80. The summed E-state index contributed by atoms with van der Waals surface area (Å²) in [5.74, 6) is 2.12. The molecule has 0 radical (unpaired) electrons. The van der Waals surface area contributed by atoms with Crippen molar-refractivity contribution in [2.75, 3.05) is 29.2 Å². The maximum Gasteiger partial charge on any atom is 0.299 e. The lowest BCUT2D eigenvalue weighted by Crippen LogP contribution is -2.07. The summed E-state index contributed by atoms with van der Waals surface area (Å²) < 4.78 is 0. The Labute approximate surface area is 118 Å². The van der Waals surface area contributed by atoms with Crippen molar-refractivity contribution in [1.82, 2.24) is 0 Å². The highest BCUT2D eigenvalue weighted by atomic mass is 35.5. The van der Waals surface area contributed by atoms with Gasteiger partial charge in [-0.2, -0.15) is 11.8 Å². The Morgan fingerprint density at radius 1 is 1.21 bits per heavy atom. The number of nitrogens with zero attached hydrogens (tertiary/aromatic N) is 2. The lowest BCUT2D eigenvalue weighted by atomic mass is 10.2. The minimum absolute atomic E-state index is 0.280. The average molecular weight is 306 g/mol. The summed E-state index contributed by atoms with van der Waals surface area (Å²) in [5, 5.41) is 24.3. The van der Waals surface area contributed by atoms with Crippen LogP contribution in [0.15, 0.2) is 18.2 Å². The first-order chi connectivity index (χ1) is 9.06. The molecular weight excluding hydrogens is 294 g/mol. The number of rotatable bonds is 8. The Hall–Kier alpha value is -1.54. The summed E-state index contributed by atoms with van der Waals surface area (Å²) in [4.78, 5) is 20.1. The zero-order chi connectivity index (χ0) is 14.3. The second-order valence-corrected chi connectivity index (χ2v) is 5.05. The number of benzene rings is 1. The zero-order valence-electron chi connectivity index (χ0n) is 9.87. The van der Waals surface area contributed by atoms with Gasteiger partial charge in [0.1, 0.15) is 5.69 Å². The van der Waals surface area contributed by atoms with Gasteiger partial charge >= 0.3 is 0 Å². The van der Waals surface area contributed by atoms with Crippen LogP contribution < -0.4 is 5.32 Å². The Morgan fingerprint density at radius 2 is 1.95 bits per heavy atom. The average Bonchev–Trinajstić information content (AvgIpc) is 2.38. The maximum absolute atomic E-state index is 10.9. The Bertz CT molecular complexity index is 472. The van der Waals surface area contributed by atoms with Gasteiger partial charge in [-0.15, -0.1) is 11.6 Å². The minimum atomic E-state index is -0.660. The van der Waals surface area contributed by atoms with Crippen molar-refractivity contribution in [3.63, 3.8) is 0 Å². The first-order valence-corrected chi connectivity index (χ1v) is 7.05. The van der Waals surface area contributed by atoms with Gasteiger partial charge in [-0.3, -0.25) is 20.2 Å². The molecule has 0 saturated carbocycles. The third kappa shape index (κ3) is 4.92. The van der Waals surface area contributed by atoms with Crippen LogP contribution in [-0.2, 0) is 0 Å². The van der Waals surface area contributed by atoms with Crippen molar-refractivity contribution in [3.8, 4) is 0 Å². The van der Waals surface area contributed by atoms with E-state index in [1.54, 1.807) is 11.8 Å². The predicted molar refractivity (Wildman–Crippen MR) is 76.3 cm³/mol. The molecule has 19 heavy (non-hydrogen) atoms. The molecule has 104 valence electrons. The van der Waals surface area contributed by atoms with Crippen molar-refractivity contribution in [2.45, 2.75) is 0 Å². The molecule has 0 aliphatic heterocycles. The van der Waals surface area contributed by atoms with Crippen molar-refractivity contribution < 1.29 is 9.85 Å². The highest BCUT2D eigenvalue weighted by Crippen LogP contribution is 2.28. The summed E-state index contributed by atoms with van der Waals surface area (Å²) >= 11 is 7.14. The van der Waals surface area contributed by atoms with E-state index in [2.05, 4.69) is 5.32 Å². The summed E-state index contributed by atoms with van der Waals surface area (Å²) in [5.41, 5.74) is -0.313. The van der Waals surface area contributed by atoms with Crippen LogP contribution in [-0.4, -0.2) is 33.8 Å². The smallest absolute Gasteiger partial charge is 0.299 e. The first kappa shape index (κ1) is 15.5. The number of hydrogen-bond donors (Lipinski definition) is 1. The number of nitrogens with one attached hydrogen (secondary N) is 1. The van der Waals surface area contributed by atoms with E-state index >= 15 is 0 Å². The number of alkyl halides is 1. The van der Waals surface area contributed by atoms with Gasteiger partial charge in [0.05, 0.1) is 15.9 Å². The molecule has 1 aromatic rings. The normalized spacial score (nSPS) is 10.2. The lowest BCUT2D eigenvalue weighted by Gasteiger charge is -2.06. The Morgan fingerprint density at radius 3 is 2.53 bits per heavy atom. The summed E-state index contributed by atoms with van der Waals surface area (Å²) in [7, 11) is 0. The molecule has 0 aliphatic carbocycles. The van der Waals surface area contributed by atoms with E-state index in [4.69, 9.17) is 11.6 Å². The van der Waals surface area contributed by atoms with E-state index in [0.29, 0.717) is 12.4 Å². The lowest BCUT2D eigenvalue weighted by molar-refractivity contribution is -0.393. The molecule has 0 spiro atoms. The van der Waals surface area contributed by atoms with Crippen LogP contribution in [0.1, 0.15) is 0 Å². The molecule has 0 heterocycles. The van der Waals surface area contributed by atoms with E-state index in [1.807, 2.05) is 0 Å². The van der Waals surface area contributed by atoms with Crippen molar-refractivity contribution >= 4 is 40.4 Å². The standard InChI is InChI=1S/C10H12ClN3O4S/c11-3-5-19-6-4-12-9-2-1-8(13(15)16)7-10(9)14(17)18/h1-2,7,12H,3-6H2. The van der Waals surface area contributed by atoms with Crippen LogP contribution >= 0.6 is 23.4 Å². The molecule has 0 atom stereocenters. The molecular formula is C10H12ClN3O4S. The Balaban J connectivity index is 2.71. The zero-order valence-corrected chi connectivity index (χ0v) is 11.4. The fourth-order valence-corrected chi connectivity index (χ4v) is 2.24. The summed E-state index contributed by atoms with van der Waals surface area (Å²) in [6.07, 6.45) is 0. The molecule has 9 heteroatoms. The van der Waals surface area contributed by atoms with Gasteiger partial charge in [-0.05, 0) is 6.07 Å². The van der Waals surface area contributed by atoms with E-state index in [1.165, 1.54) is 12.1 Å². The second-order valence-electron chi connectivity index (χ2n) is 3.44. The molecule has 1 aromatic carbocycles. The Kier molecular flexibility index (Phi) is 6.37. The number of non-ortho nitro benzene ring substituents is 1. The summed E-state index contributed by atoms with van der Waals surface area (Å²) in [6.45, 7) is 0.528. The van der Waals surface area contributed by atoms with Crippen LogP contribution in [0.4, 0.5) is 17.1 Å². The predicted octanol–water partition coefficient (Wildman–Crippen LogP) is 2.89. The van der Waals surface area contributed by atoms with Crippen LogP contribution in [0, 0.1) is 20.2 Å². The molecule has 0 unspecified atom stereocenters. The largest absolute Gasteiger partial charge is 0.379 e. The number of anilines is 1. The molecule has 0 amide bonds. The third-order valence-electron chi connectivity index (χ3n) is 2.17. The molecule has 1 rings (SSSR count). The number of nitro groups is 2. The van der Waals surface area contributed by atoms with Gasteiger partial charge in [0.2, 0.25) is 0 Å². The molecule has 7 nitrogen and oxygen atoms in total. The fourth-order valence-electron chi connectivity index (χ4n) is 1.35. The molecule has 0 saturated heterocycles. The van der Waals surface area contributed by atoms with Gasteiger partial charge in [-0.25, -0.2) is 0 Å². The van der Waals surface area contributed by atoms with E-state index in [0.717, 1.165) is 17.6 Å². The fraction of sp³-hybridized carbons (Fsp3) is 0.400. The van der Waals surface area contributed by atoms with Gasteiger partial charge < -0.3 is 5.32 Å². The molecule has 1 N–H and O–H groups in total. The maximum atomic E-state index is 10.9. The van der Waals surface area contributed by atoms with E-state index < -0.39 is 9.85 Å². The van der Waals surface area contributed by atoms with Gasteiger partial charge in [-0.1, -0.05) is 0 Å². The third-order valence-corrected chi connectivity index (χ3v) is 3.57. The molecule has 0 aromatic heterocycles. The van der Waals surface area contributed by atoms with Crippen LogP contribution in [0.5, 0.6) is 0 Å². The molecule has 0 aliphatic rings. The highest BCUT2D eigenvalue weighted by molar-refractivity contribution is 7.99. The highest BCUT2D eigenvalue weighted by Gasteiger charge is 2.18. The summed E-state index contributed by atoms with van der Waals surface area (Å²) in [6, 6.07) is 3.54. The van der Waals surface area contributed by atoms with Crippen LogP contribution in [0.3, 0.4) is 0 Å². The van der Waals surface area contributed by atoms with Gasteiger partial charge in [0.25, 0.3) is 11.4 Å². The topological polar surface area (TPSA) is 98.3 Å². The molecule has 0 bridgehead atoms. The van der Waals surface area contributed by atoms with Gasteiger partial charge in [0, 0.05) is 30.0 Å². The number of halogens is 1. The number of hydrogen-bond acceptors (Lipinski definition) is 6. The van der Waals surface area contributed by atoms with Gasteiger partial charge in [0.15, 0.2) is 0 Å². The number of nitro benzene ring substituents is 2. The monoisotopic (exact) mass is 305 g/mol. The van der Waals surface area contributed by atoms with Crippen LogP contribution in [0.2, 0.25) is 0 Å². The SMILES string of the molecule is O=[N+]([O-])c1ccc(NCCSCCCl)c([N+](=O)[O-])c1. The van der Waals surface area contributed by atoms with E-state index in [9.17, 15) is 20.2 Å².